The van der Waals surface area contributed by atoms with Crippen molar-refractivity contribution in [2.24, 2.45) is 0 Å². The fourth-order valence-corrected chi connectivity index (χ4v) is 5.10. The molecule has 0 radical (unpaired) electrons. The topological polar surface area (TPSA) is 64.7 Å². The highest BCUT2D eigenvalue weighted by Gasteiger charge is 2.13. The van der Waals surface area contributed by atoms with Crippen molar-refractivity contribution in [1.29, 1.82) is 0 Å². The molecule has 0 aliphatic carbocycles. The molecule has 0 aliphatic heterocycles. The number of rotatable bonds is 23. The molecule has 2 N–H and O–H groups in total. The summed E-state index contributed by atoms with van der Waals surface area (Å²) in [6.07, 6.45) is 18.0. The zero-order chi connectivity index (χ0) is 30.4. The minimum atomic E-state index is 0.0122. The maximum Gasteiger partial charge on any atom is 0.254 e. The van der Waals surface area contributed by atoms with E-state index >= 15 is 0 Å². The second-order valence-corrected chi connectivity index (χ2v) is 11.7. The fraction of sp³-hybridized carbons (Fsp3) is 0.611. The molecule has 0 saturated heterocycles. The van der Waals surface area contributed by atoms with Crippen molar-refractivity contribution in [1.82, 2.24) is 20.4 Å². The summed E-state index contributed by atoms with van der Waals surface area (Å²) in [7, 11) is 3.68. The largest absolute Gasteiger partial charge is 0.329 e. The van der Waals surface area contributed by atoms with E-state index in [1.54, 1.807) is 9.80 Å². The summed E-state index contributed by atoms with van der Waals surface area (Å²) in [6, 6.07) is 15.4. The molecule has 0 bridgehead atoms. The van der Waals surface area contributed by atoms with Gasteiger partial charge < -0.3 is 9.80 Å². The van der Waals surface area contributed by atoms with Gasteiger partial charge in [0.05, 0.1) is 13.3 Å². The number of amides is 2. The van der Waals surface area contributed by atoms with Crippen molar-refractivity contribution >= 4 is 11.8 Å². The average molecular weight is 579 g/mol. The molecule has 0 aromatic heterocycles. The maximum atomic E-state index is 12.9. The Morgan fingerprint density at radius 3 is 1.14 bits per heavy atom. The summed E-state index contributed by atoms with van der Waals surface area (Å²) in [6.45, 7) is 7.47. The molecule has 6 heteroatoms. The highest BCUT2D eigenvalue weighted by Crippen LogP contribution is 2.21. The van der Waals surface area contributed by atoms with Crippen molar-refractivity contribution in [3.63, 3.8) is 0 Å². The van der Waals surface area contributed by atoms with Gasteiger partial charge in [0, 0.05) is 25.2 Å². The predicted molar refractivity (Wildman–Crippen MR) is 178 cm³/mol. The van der Waals surface area contributed by atoms with E-state index in [0.29, 0.717) is 24.5 Å². The third kappa shape index (κ3) is 14.0. The smallest absolute Gasteiger partial charge is 0.254 e. The lowest BCUT2D eigenvalue weighted by molar-refractivity contribution is 0.0776. The number of hydrogen-bond acceptors (Lipinski definition) is 4. The quantitative estimate of drug-likeness (QED) is 0.103. The van der Waals surface area contributed by atoms with Crippen LogP contribution in [0.25, 0.3) is 11.1 Å². The molecule has 0 atom stereocenters. The van der Waals surface area contributed by atoms with E-state index in [9.17, 15) is 9.59 Å². The minimum Gasteiger partial charge on any atom is -0.329 e. The molecular formula is C36H58N4O2. The first kappa shape index (κ1) is 35.5. The number of benzene rings is 2. The standard InChI is InChI=1S/C36H58N4O2/c1-5-7-9-11-13-15-17-27-37-29-39(3)35(41)33-23-19-31(20-24-33)32-21-25-34(26-22-32)36(42)40(4)30-38-28-18-16-14-12-10-8-6-2/h19-26,37-38H,5-18,27-30H2,1-4H3. The Morgan fingerprint density at radius 1 is 0.500 bits per heavy atom. The lowest BCUT2D eigenvalue weighted by atomic mass is 10.0. The van der Waals surface area contributed by atoms with E-state index in [0.717, 1.165) is 37.1 Å². The van der Waals surface area contributed by atoms with Gasteiger partial charge in [-0.2, -0.15) is 0 Å². The van der Waals surface area contributed by atoms with E-state index in [4.69, 9.17) is 0 Å². The molecule has 42 heavy (non-hydrogen) atoms. The first-order valence-electron chi connectivity index (χ1n) is 16.6. The maximum absolute atomic E-state index is 12.9. The molecule has 2 amide bonds. The normalized spacial score (nSPS) is 11.0. The Labute approximate surface area is 256 Å². The Hall–Kier alpha value is -2.70. The minimum absolute atomic E-state index is 0.0122. The van der Waals surface area contributed by atoms with Crippen LogP contribution in [0.3, 0.4) is 0 Å². The molecule has 0 heterocycles. The van der Waals surface area contributed by atoms with Crippen LogP contribution in [-0.2, 0) is 0 Å². The summed E-state index contributed by atoms with van der Waals surface area (Å²) in [5.74, 6) is 0.0244. The molecule has 0 unspecified atom stereocenters. The number of unbranched alkanes of at least 4 members (excludes halogenated alkanes) is 12. The number of nitrogens with zero attached hydrogens (tertiary/aromatic N) is 2. The van der Waals surface area contributed by atoms with Crippen LogP contribution in [0.5, 0.6) is 0 Å². The van der Waals surface area contributed by atoms with Crippen LogP contribution in [0.1, 0.15) is 124 Å². The Balaban J connectivity index is 1.70. The van der Waals surface area contributed by atoms with Crippen LogP contribution in [0.15, 0.2) is 48.5 Å². The van der Waals surface area contributed by atoms with Gasteiger partial charge in [0.2, 0.25) is 0 Å². The third-order valence-corrected chi connectivity index (χ3v) is 7.90. The zero-order valence-electron chi connectivity index (χ0n) is 27.1. The molecule has 234 valence electrons. The van der Waals surface area contributed by atoms with Gasteiger partial charge in [0.1, 0.15) is 0 Å². The summed E-state index contributed by atoms with van der Waals surface area (Å²) < 4.78 is 0. The molecule has 0 saturated carbocycles. The highest BCUT2D eigenvalue weighted by atomic mass is 16.2. The van der Waals surface area contributed by atoms with E-state index in [-0.39, 0.29) is 11.8 Å². The van der Waals surface area contributed by atoms with Gasteiger partial charge in [-0.3, -0.25) is 20.2 Å². The van der Waals surface area contributed by atoms with Crippen molar-refractivity contribution < 1.29 is 9.59 Å². The Bertz CT molecular complexity index is 909. The molecule has 6 nitrogen and oxygen atoms in total. The molecule has 2 aromatic carbocycles. The van der Waals surface area contributed by atoms with Crippen LogP contribution in [0.4, 0.5) is 0 Å². The second-order valence-electron chi connectivity index (χ2n) is 11.7. The Morgan fingerprint density at radius 2 is 0.810 bits per heavy atom. The lowest BCUT2D eigenvalue weighted by Crippen LogP contribution is -2.36. The monoisotopic (exact) mass is 578 g/mol. The van der Waals surface area contributed by atoms with Gasteiger partial charge in [-0.05, 0) is 61.3 Å². The van der Waals surface area contributed by atoms with Crippen LogP contribution >= 0.6 is 0 Å². The summed E-state index contributed by atoms with van der Waals surface area (Å²) in [5, 5.41) is 6.79. The summed E-state index contributed by atoms with van der Waals surface area (Å²) >= 11 is 0. The first-order valence-corrected chi connectivity index (χ1v) is 16.6. The van der Waals surface area contributed by atoms with Crippen molar-refractivity contribution in [3.8, 4) is 11.1 Å². The fourth-order valence-electron chi connectivity index (χ4n) is 5.10. The van der Waals surface area contributed by atoms with E-state index in [2.05, 4.69) is 24.5 Å². The molecule has 2 rings (SSSR count). The first-order chi connectivity index (χ1) is 20.5. The van der Waals surface area contributed by atoms with E-state index < -0.39 is 0 Å². The molecule has 0 fully saturated rings. The van der Waals surface area contributed by atoms with Crippen molar-refractivity contribution in [3.05, 3.63) is 59.7 Å². The van der Waals surface area contributed by atoms with Gasteiger partial charge in [0.15, 0.2) is 0 Å². The average Bonchev–Trinajstić information content (AvgIpc) is 3.02. The predicted octanol–water partition coefficient (Wildman–Crippen LogP) is 8.09. The van der Waals surface area contributed by atoms with Gasteiger partial charge in [-0.25, -0.2) is 0 Å². The van der Waals surface area contributed by atoms with Crippen LogP contribution < -0.4 is 10.6 Å². The number of carbonyl (C=O) groups is 2. The second kappa shape index (κ2) is 21.9. The molecule has 0 aliphatic rings. The van der Waals surface area contributed by atoms with Crippen LogP contribution in [0, 0.1) is 0 Å². The Kier molecular flexibility index (Phi) is 18.5. The van der Waals surface area contributed by atoms with Crippen molar-refractivity contribution in [2.75, 3.05) is 40.5 Å². The number of hydrogen-bond donors (Lipinski definition) is 2. The SMILES string of the molecule is CCCCCCCCCNCN(C)C(=O)c1ccc(-c2ccc(C(=O)N(C)CNCCCCCCCCC)cc2)cc1. The van der Waals surface area contributed by atoms with Gasteiger partial charge in [-0.15, -0.1) is 0 Å². The van der Waals surface area contributed by atoms with Crippen molar-refractivity contribution in [2.45, 2.75) is 104 Å². The van der Waals surface area contributed by atoms with Crippen LogP contribution in [-0.4, -0.2) is 62.1 Å². The number of carbonyl (C=O) groups excluding carboxylic acids is 2. The highest BCUT2D eigenvalue weighted by molar-refractivity contribution is 5.95. The number of nitrogens with one attached hydrogen (secondary N) is 2. The molecular weight excluding hydrogens is 520 g/mol. The van der Waals surface area contributed by atoms with Gasteiger partial charge >= 0.3 is 0 Å². The summed E-state index contributed by atoms with van der Waals surface area (Å²) in [5.41, 5.74) is 3.40. The third-order valence-electron chi connectivity index (χ3n) is 7.90. The van der Waals surface area contributed by atoms with E-state index in [1.807, 2.05) is 62.6 Å². The van der Waals surface area contributed by atoms with E-state index in [1.165, 1.54) is 77.0 Å². The zero-order valence-corrected chi connectivity index (χ0v) is 27.1. The summed E-state index contributed by atoms with van der Waals surface area (Å²) in [4.78, 5) is 29.2. The van der Waals surface area contributed by atoms with Gasteiger partial charge in [-0.1, -0.05) is 115 Å². The van der Waals surface area contributed by atoms with Gasteiger partial charge in [0.25, 0.3) is 11.8 Å². The molecule has 2 aromatic rings. The molecule has 0 spiro atoms. The lowest BCUT2D eigenvalue weighted by Gasteiger charge is -2.18. The van der Waals surface area contributed by atoms with Crippen LogP contribution in [0.2, 0.25) is 0 Å².